The van der Waals surface area contributed by atoms with Crippen LogP contribution < -0.4 is 5.32 Å². The van der Waals surface area contributed by atoms with Gasteiger partial charge in [0.2, 0.25) is 0 Å². The molecular formula is C13H25NO2. The maximum Gasteiger partial charge on any atom is 0.0813 e. The minimum atomic E-state index is 0.361. The fraction of sp³-hybridized carbons (Fsp3) is 1.00. The summed E-state index contributed by atoms with van der Waals surface area (Å²) in [6.07, 6.45) is 7.07. The van der Waals surface area contributed by atoms with Gasteiger partial charge < -0.3 is 14.8 Å². The lowest BCUT2D eigenvalue weighted by atomic mass is 9.97. The van der Waals surface area contributed by atoms with Gasteiger partial charge in [0.1, 0.15) is 0 Å². The zero-order valence-electron chi connectivity index (χ0n) is 10.4. The zero-order chi connectivity index (χ0) is 11.2. The van der Waals surface area contributed by atoms with Crippen molar-refractivity contribution in [2.24, 2.45) is 5.92 Å². The predicted molar refractivity (Wildman–Crippen MR) is 64.6 cm³/mol. The second-order valence-electron chi connectivity index (χ2n) is 5.22. The second-order valence-corrected chi connectivity index (χ2v) is 5.22. The van der Waals surface area contributed by atoms with E-state index in [1.54, 1.807) is 0 Å². The van der Waals surface area contributed by atoms with Crippen molar-refractivity contribution in [3.8, 4) is 0 Å². The minimum Gasteiger partial charge on any atom is -0.379 e. The van der Waals surface area contributed by atoms with Crippen LogP contribution >= 0.6 is 0 Å². The average Bonchev–Trinajstić information content (AvgIpc) is 2.72. The van der Waals surface area contributed by atoms with Gasteiger partial charge in [-0.15, -0.1) is 0 Å². The molecule has 2 fully saturated rings. The molecular weight excluding hydrogens is 202 g/mol. The van der Waals surface area contributed by atoms with Gasteiger partial charge in [-0.1, -0.05) is 0 Å². The van der Waals surface area contributed by atoms with E-state index in [0.29, 0.717) is 12.2 Å². The van der Waals surface area contributed by atoms with Gasteiger partial charge in [-0.25, -0.2) is 0 Å². The van der Waals surface area contributed by atoms with Gasteiger partial charge >= 0.3 is 0 Å². The van der Waals surface area contributed by atoms with Crippen LogP contribution in [0, 0.1) is 5.92 Å². The smallest absolute Gasteiger partial charge is 0.0813 e. The van der Waals surface area contributed by atoms with Crippen molar-refractivity contribution in [1.29, 1.82) is 0 Å². The summed E-state index contributed by atoms with van der Waals surface area (Å²) in [5.41, 5.74) is 0. The molecule has 2 aliphatic heterocycles. The molecule has 3 atom stereocenters. The molecule has 0 aromatic heterocycles. The number of hydrogen-bond acceptors (Lipinski definition) is 3. The molecule has 3 unspecified atom stereocenters. The van der Waals surface area contributed by atoms with Crippen molar-refractivity contribution in [2.75, 3.05) is 26.3 Å². The van der Waals surface area contributed by atoms with Crippen LogP contribution in [0.1, 0.15) is 39.0 Å². The monoisotopic (exact) mass is 227 g/mol. The Morgan fingerprint density at radius 1 is 1.31 bits per heavy atom. The topological polar surface area (TPSA) is 30.5 Å². The summed E-state index contributed by atoms with van der Waals surface area (Å²) in [6.45, 7) is 6.23. The van der Waals surface area contributed by atoms with Gasteiger partial charge in [0, 0.05) is 6.61 Å². The molecule has 0 spiro atoms. The molecule has 94 valence electrons. The Bertz CT molecular complexity index is 186. The maximum absolute atomic E-state index is 5.72. The number of nitrogens with one attached hydrogen (secondary N) is 1. The molecule has 2 aliphatic rings. The van der Waals surface area contributed by atoms with E-state index in [0.717, 1.165) is 19.1 Å². The molecule has 2 heterocycles. The molecule has 3 heteroatoms. The first-order valence-electron chi connectivity index (χ1n) is 6.78. The van der Waals surface area contributed by atoms with E-state index in [9.17, 15) is 0 Å². The lowest BCUT2D eigenvalue weighted by Crippen LogP contribution is -2.30. The summed E-state index contributed by atoms with van der Waals surface area (Å²) in [5.74, 6) is 0.831. The zero-order valence-corrected chi connectivity index (χ0v) is 10.4. The Kier molecular flexibility index (Phi) is 5.07. The van der Waals surface area contributed by atoms with E-state index in [4.69, 9.17) is 9.47 Å². The van der Waals surface area contributed by atoms with Gasteiger partial charge in [-0.3, -0.25) is 0 Å². The predicted octanol–water partition coefficient (Wildman–Crippen LogP) is 1.96. The largest absolute Gasteiger partial charge is 0.379 e. The van der Waals surface area contributed by atoms with E-state index in [1.165, 1.54) is 45.2 Å². The minimum absolute atomic E-state index is 0.361. The van der Waals surface area contributed by atoms with Crippen LogP contribution in [-0.4, -0.2) is 38.5 Å². The first-order valence-corrected chi connectivity index (χ1v) is 6.78. The van der Waals surface area contributed by atoms with E-state index in [2.05, 4.69) is 12.2 Å². The Hall–Kier alpha value is -0.120. The van der Waals surface area contributed by atoms with E-state index < -0.39 is 0 Å². The third kappa shape index (κ3) is 4.04. The highest BCUT2D eigenvalue weighted by Gasteiger charge is 2.21. The summed E-state index contributed by atoms with van der Waals surface area (Å²) in [4.78, 5) is 0. The summed E-state index contributed by atoms with van der Waals surface area (Å²) in [6, 6.07) is 0. The van der Waals surface area contributed by atoms with Crippen molar-refractivity contribution in [3.05, 3.63) is 0 Å². The van der Waals surface area contributed by atoms with E-state index in [1.807, 2.05) is 0 Å². The molecule has 0 amide bonds. The first-order chi connectivity index (χ1) is 7.84. The first kappa shape index (κ1) is 12.3. The molecule has 16 heavy (non-hydrogen) atoms. The highest BCUT2D eigenvalue weighted by Crippen LogP contribution is 2.19. The van der Waals surface area contributed by atoms with Crippen molar-refractivity contribution in [3.63, 3.8) is 0 Å². The average molecular weight is 227 g/mol. The standard InChI is InChI=1S/C13H25NO2/c1-11-4-5-13(16-11)10-15-8-6-12-3-2-7-14-9-12/h11-14H,2-10H2,1H3. The van der Waals surface area contributed by atoms with Gasteiger partial charge in [0.05, 0.1) is 18.8 Å². The molecule has 0 radical (unpaired) electrons. The molecule has 0 bridgehead atoms. The van der Waals surface area contributed by atoms with Crippen molar-refractivity contribution in [1.82, 2.24) is 5.32 Å². The maximum atomic E-state index is 5.72. The summed E-state index contributed by atoms with van der Waals surface area (Å²) in [7, 11) is 0. The Morgan fingerprint density at radius 2 is 2.25 bits per heavy atom. The highest BCUT2D eigenvalue weighted by atomic mass is 16.5. The SMILES string of the molecule is CC1CCC(COCCC2CCCNC2)O1. The van der Waals surface area contributed by atoms with Gasteiger partial charge in [-0.05, 0) is 58.0 Å². The van der Waals surface area contributed by atoms with Crippen LogP contribution in [0.2, 0.25) is 0 Å². The second kappa shape index (κ2) is 6.58. The van der Waals surface area contributed by atoms with Gasteiger partial charge in [0.25, 0.3) is 0 Å². The molecule has 1 N–H and O–H groups in total. The number of ether oxygens (including phenoxy) is 2. The van der Waals surface area contributed by atoms with E-state index >= 15 is 0 Å². The quantitative estimate of drug-likeness (QED) is 0.728. The van der Waals surface area contributed by atoms with Crippen LogP contribution in [0.5, 0.6) is 0 Å². The molecule has 0 aliphatic carbocycles. The third-order valence-corrected chi connectivity index (χ3v) is 3.69. The van der Waals surface area contributed by atoms with Crippen LogP contribution in [0.25, 0.3) is 0 Å². The van der Waals surface area contributed by atoms with Crippen molar-refractivity contribution in [2.45, 2.75) is 51.2 Å². The normalized spacial score (nSPS) is 35.4. The Morgan fingerprint density at radius 3 is 2.94 bits per heavy atom. The summed E-state index contributed by atoms with van der Waals surface area (Å²) < 4.78 is 11.4. The number of piperidine rings is 1. The van der Waals surface area contributed by atoms with Crippen molar-refractivity contribution >= 4 is 0 Å². The van der Waals surface area contributed by atoms with Crippen LogP contribution in [0.15, 0.2) is 0 Å². The van der Waals surface area contributed by atoms with Crippen LogP contribution in [0.3, 0.4) is 0 Å². The molecule has 0 saturated carbocycles. The van der Waals surface area contributed by atoms with Gasteiger partial charge in [0.15, 0.2) is 0 Å². The highest BCUT2D eigenvalue weighted by molar-refractivity contribution is 4.71. The molecule has 0 aromatic rings. The van der Waals surface area contributed by atoms with E-state index in [-0.39, 0.29) is 0 Å². The number of rotatable bonds is 5. The molecule has 0 aromatic carbocycles. The molecule has 2 rings (SSSR count). The number of hydrogen-bond donors (Lipinski definition) is 1. The lowest BCUT2D eigenvalue weighted by molar-refractivity contribution is -0.0122. The fourth-order valence-corrected chi connectivity index (χ4v) is 2.64. The van der Waals surface area contributed by atoms with Crippen LogP contribution in [0.4, 0.5) is 0 Å². The Labute approximate surface area is 98.9 Å². The van der Waals surface area contributed by atoms with Gasteiger partial charge in [-0.2, -0.15) is 0 Å². The molecule has 3 nitrogen and oxygen atoms in total. The summed E-state index contributed by atoms with van der Waals surface area (Å²) >= 11 is 0. The fourth-order valence-electron chi connectivity index (χ4n) is 2.64. The van der Waals surface area contributed by atoms with Crippen molar-refractivity contribution < 1.29 is 9.47 Å². The Balaban J connectivity index is 1.48. The summed E-state index contributed by atoms with van der Waals surface area (Å²) in [5, 5.41) is 3.44. The third-order valence-electron chi connectivity index (χ3n) is 3.69. The lowest BCUT2D eigenvalue weighted by Gasteiger charge is -2.22. The van der Waals surface area contributed by atoms with Crippen LogP contribution in [-0.2, 0) is 9.47 Å². The molecule has 2 saturated heterocycles.